The van der Waals surface area contributed by atoms with Gasteiger partial charge >= 0.3 is 12.2 Å². The van der Waals surface area contributed by atoms with Crippen LogP contribution in [0.2, 0.25) is 0 Å². The molecular weight excluding hydrogens is 385 g/mol. The minimum atomic E-state index is -4.19. The number of nitrogens with one attached hydrogen (secondary N) is 5. The maximum Gasteiger partial charge on any atom is 0.391 e. The highest BCUT2D eigenvalue weighted by atomic mass is 19.4. The van der Waals surface area contributed by atoms with E-state index in [0.29, 0.717) is 12.8 Å². The Hall–Kier alpha value is -1.10. The third-order valence-electron chi connectivity index (χ3n) is 5.58. The zero-order valence-electron chi connectivity index (χ0n) is 17.7. The summed E-state index contributed by atoms with van der Waals surface area (Å²) in [7, 11) is 4.11. The summed E-state index contributed by atoms with van der Waals surface area (Å²) in [6.07, 6.45) is -0.327. The fourth-order valence-corrected chi connectivity index (χ4v) is 4.05. The van der Waals surface area contributed by atoms with Crippen LogP contribution in [0.3, 0.4) is 0 Å². The molecule has 1 saturated heterocycles. The van der Waals surface area contributed by atoms with E-state index in [4.69, 9.17) is 0 Å². The molecule has 5 atom stereocenters. The van der Waals surface area contributed by atoms with E-state index in [2.05, 4.69) is 45.6 Å². The Labute approximate surface area is 171 Å². The molecule has 1 aliphatic heterocycles. The fourth-order valence-electron chi connectivity index (χ4n) is 4.05. The highest BCUT2D eigenvalue weighted by Crippen LogP contribution is 2.37. The van der Waals surface area contributed by atoms with Gasteiger partial charge < -0.3 is 20.9 Å². The van der Waals surface area contributed by atoms with Gasteiger partial charge in [0.15, 0.2) is 0 Å². The molecule has 1 aliphatic carbocycles. The number of halogens is 3. The lowest BCUT2D eigenvalue weighted by molar-refractivity contribution is -0.183. The first-order valence-electron chi connectivity index (χ1n) is 10.7. The molecule has 10 heteroatoms. The Morgan fingerprint density at radius 3 is 2.55 bits per heavy atom. The Balaban J connectivity index is 1.71. The molecule has 0 radical (unpaired) electrons. The van der Waals surface area contributed by atoms with E-state index in [0.717, 1.165) is 32.4 Å². The van der Waals surface area contributed by atoms with Gasteiger partial charge in [0.25, 0.3) is 0 Å². The predicted molar refractivity (Wildman–Crippen MR) is 107 cm³/mol. The Bertz CT molecular complexity index is 505. The number of carbonyl (C=O) groups excluding carboxylic acids is 1. The minimum Gasteiger partial charge on any atom is -0.335 e. The second-order valence-electron chi connectivity index (χ2n) is 8.64. The van der Waals surface area contributed by atoms with Gasteiger partial charge in [-0.15, -0.1) is 0 Å². The van der Waals surface area contributed by atoms with Gasteiger partial charge in [-0.3, -0.25) is 10.6 Å². The van der Waals surface area contributed by atoms with E-state index in [1.807, 2.05) is 6.92 Å². The SMILES string of the molecule is CC1CC(NCCCCN(C)C)NC(NC(=O)NC2CCCC(C(F)(F)F)C2)N1. The van der Waals surface area contributed by atoms with Gasteiger partial charge in [-0.1, -0.05) is 6.42 Å². The summed E-state index contributed by atoms with van der Waals surface area (Å²) >= 11 is 0. The van der Waals surface area contributed by atoms with Crippen LogP contribution in [0, 0.1) is 5.92 Å². The van der Waals surface area contributed by atoms with Crippen molar-refractivity contribution in [3.05, 3.63) is 0 Å². The molecule has 0 aromatic heterocycles. The van der Waals surface area contributed by atoms with Gasteiger partial charge in [0.05, 0.1) is 12.1 Å². The Kier molecular flexibility index (Phi) is 9.45. The quantitative estimate of drug-likeness (QED) is 0.386. The molecule has 7 nitrogen and oxygen atoms in total. The number of carbonyl (C=O) groups is 1. The smallest absolute Gasteiger partial charge is 0.335 e. The van der Waals surface area contributed by atoms with Gasteiger partial charge in [-0.05, 0) is 72.6 Å². The molecule has 0 spiro atoms. The van der Waals surface area contributed by atoms with Gasteiger partial charge in [0, 0.05) is 12.1 Å². The topological polar surface area (TPSA) is 80.5 Å². The summed E-state index contributed by atoms with van der Waals surface area (Å²) in [5.41, 5.74) is 0. The van der Waals surface area contributed by atoms with Gasteiger partial charge in [-0.2, -0.15) is 13.2 Å². The van der Waals surface area contributed by atoms with Crippen molar-refractivity contribution < 1.29 is 18.0 Å². The zero-order valence-corrected chi connectivity index (χ0v) is 17.7. The third kappa shape index (κ3) is 9.06. The average molecular weight is 423 g/mol. The van der Waals surface area contributed by atoms with Gasteiger partial charge in [-0.25, -0.2) is 4.79 Å². The predicted octanol–water partition coefficient (Wildman–Crippen LogP) is 1.92. The molecule has 1 heterocycles. The number of nitrogens with zero attached hydrogens (tertiary/aromatic N) is 1. The first kappa shape index (κ1) is 24.2. The molecule has 1 saturated carbocycles. The fraction of sp³-hybridized carbons (Fsp3) is 0.947. The van der Waals surface area contributed by atoms with Crippen LogP contribution in [0.15, 0.2) is 0 Å². The van der Waals surface area contributed by atoms with Crippen LogP contribution in [-0.4, -0.2) is 68.8 Å². The number of hydrogen-bond acceptors (Lipinski definition) is 5. The first-order chi connectivity index (χ1) is 13.6. The molecular formula is C19H37F3N6O. The summed E-state index contributed by atoms with van der Waals surface area (Å²) < 4.78 is 38.8. The molecule has 2 fully saturated rings. The summed E-state index contributed by atoms with van der Waals surface area (Å²) in [6, 6.07) is -0.686. The lowest BCUT2D eigenvalue weighted by atomic mass is 9.85. The number of alkyl halides is 3. The maximum atomic E-state index is 12.9. The van der Waals surface area contributed by atoms with Crippen LogP contribution >= 0.6 is 0 Å². The summed E-state index contributed by atoms with van der Waals surface area (Å²) in [6.45, 7) is 3.99. The zero-order chi connectivity index (χ0) is 21.4. The summed E-state index contributed by atoms with van der Waals surface area (Å²) in [4.78, 5) is 14.5. The highest BCUT2D eigenvalue weighted by molar-refractivity contribution is 5.74. The number of amides is 2. The molecule has 2 amide bonds. The van der Waals surface area contributed by atoms with Crippen molar-refractivity contribution in [3.8, 4) is 0 Å². The van der Waals surface area contributed by atoms with E-state index < -0.39 is 30.5 Å². The van der Waals surface area contributed by atoms with E-state index >= 15 is 0 Å². The molecule has 0 aromatic carbocycles. The second-order valence-corrected chi connectivity index (χ2v) is 8.64. The molecule has 2 aliphatic rings. The van der Waals surface area contributed by atoms with Crippen LogP contribution in [0.1, 0.15) is 51.9 Å². The maximum absolute atomic E-state index is 12.9. The molecule has 0 bridgehead atoms. The van der Waals surface area contributed by atoms with E-state index in [-0.39, 0.29) is 25.0 Å². The average Bonchev–Trinajstić information content (AvgIpc) is 2.60. The van der Waals surface area contributed by atoms with Crippen LogP contribution in [-0.2, 0) is 0 Å². The molecule has 5 N–H and O–H groups in total. The molecule has 5 unspecified atom stereocenters. The number of unbranched alkanes of at least 4 members (excludes halogenated alkanes) is 1. The first-order valence-corrected chi connectivity index (χ1v) is 10.7. The van der Waals surface area contributed by atoms with E-state index in [1.165, 1.54) is 0 Å². The van der Waals surface area contributed by atoms with Gasteiger partial charge in [0.1, 0.15) is 6.29 Å². The Morgan fingerprint density at radius 1 is 1.10 bits per heavy atom. The van der Waals surface area contributed by atoms with Crippen LogP contribution in [0.4, 0.5) is 18.0 Å². The van der Waals surface area contributed by atoms with Crippen molar-refractivity contribution >= 4 is 6.03 Å². The Morgan fingerprint density at radius 2 is 1.86 bits per heavy atom. The third-order valence-corrected chi connectivity index (χ3v) is 5.58. The number of rotatable bonds is 8. The van der Waals surface area contributed by atoms with Crippen LogP contribution in [0.25, 0.3) is 0 Å². The number of urea groups is 1. The summed E-state index contributed by atoms with van der Waals surface area (Å²) in [5, 5.41) is 15.5. The van der Waals surface area contributed by atoms with Crippen molar-refractivity contribution in [3.63, 3.8) is 0 Å². The molecule has 29 heavy (non-hydrogen) atoms. The summed E-state index contributed by atoms with van der Waals surface area (Å²) in [5.74, 6) is -1.33. The monoisotopic (exact) mass is 422 g/mol. The number of hydrogen-bond donors (Lipinski definition) is 5. The van der Waals surface area contributed by atoms with E-state index in [9.17, 15) is 18.0 Å². The second kappa shape index (κ2) is 11.3. The lowest BCUT2D eigenvalue weighted by Crippen LogP contribution is -2.68. The standard InChI is InChI=1S/C19H37F3N6O/c1-13-11-16(23-9-4-5-10-28(2)3)26-17(24-13)27-18(29)25-15-8-6-7-14(12-15)19(20,21)22/h13-17,23-24,26H,4-12H2,1-3H3,(H2,25,27,29). The molecule has 2 rings (SSSR count). The van der Waals surface area contributed by atoms with Crippen molar-refractivity contribution in [2.24, 2.45) is 5.92 Å². The molecule has 170 valence electrons. The van der Waals surface area contributed by atoms with Crippen molar-refractivity contribution in [1.82, 2.24) is 31.5 Å². The molecule has 0 aromatic rings. The lowest BCUT2D eigenvalue weighted by Gasteiger charge is -2.37. The minimum absolute atomic E-state index is 0.0457. The van der Waals surface area contributed by atoms with Crippen molar-refractivity contribution in [2.75, 3.05) is 27.2 Å². The highest BCUT2D eigenvalue weighted by Gasteiger charge is 2.42. The van der Waals surface area contributed by atoms with Gasteiger partial charge in [0.2, 0.25) is 0 Å². The van der Waals surface area contributed by atoms with Crippen molar-refractivity contribution in [2.45, 2.75) is 82.6 Å². The normalized spacial score (nSPS) is 30.9. The van der Waals surface area contributed by atoms with Crippen molar-refractivity contribution in [1.29, 1.82) is 0 Å². The largest absolute Gasteiger partial charge is 0.391 e. The van der Waals surface area contributed by atoms with Crippen LogP contribution < -0.4 is 26.6 Å². The van der Waals surface area contributed by atoms with E-state index in [1.54, 1.807) is 0 Å². The van der Waals surface area contributed by atoms with Crippen LogP contribution in [0.5, 0.6) is 0 Å².